The van der Waals surface area contributed by atoms with Crippen LogP contribution in [-0.2, 0) is 22.7 Å². The molecule has 198 valence electrons. The number of aliphatic hydroxyl groups excluding tert-OH is 1. The van der Waals surface area contributed by atoms with Gasteiger partial charge in [-0.05, 0) is 60.9 Å². The summed E-state index contributed by atoms with van der Waals surface area (Å²) in [6, 6.07) is 21.2. The third-order valence-electron chi connectivity index (χ3n) is 6.72. The molecule has 0 radical (unpaired) electrons. The lowest BCUT2D eigenvalue weighted by Crippen LogP contribution is -2.31. The topological polar surface area (TPSA) is 84.7 Å². The smallest absolute Gasteiger partial charge is 0.295 e. The number of benzene rings is 3. The summed E-state index contributed by atoms with van der Waals surface area (Å²) in [5.74, 6) is -0.951. The van der Waals surface area contributed by atoms with E-state index in [4.69, 9.17) is 16.3 Å². The largest absolute Gasteiger partial charge is 0.507 e. The fourth-order valence-corrected chi connectivity index (χ4v) is 4.90. The summed E-state index contributed by atoms with van der Waals surface area (Å²) < 4.78 is 7.81. The zero-order valence-electron chi connectivity index (χ0n) is 21.5. The van der Waals surface area contributed by atoms with E-state index >= 15 is 0 Å². The van der Waals surface area contributed by atoms with Crippen molar-refractivity contribution >= 4 is 29.1 Å². The number of imidazole rings is 1. The minimum absolute atomic E-state index is 0.0541. The van der Waals surface area contributed by atoms with E-state index in [0.29, 0.717) is 48.0 Å². The highest BCUT2D eigenvalue weighted by atomic mass is 35.5. The Morgan fingerprint density at radius 3 is 2.49 bits per heavy atom. The highest BCUT2D eigenvalue weighted by Gasteiger charge is 2.45. The van der Waals surface area contributed by atoms with Crippen molar-refractivity contribution < 1.29 is 19.4 Å². The minimum atomic E-state index is -0.734. The van der Waals surface area contributed by atoms with Crippen LogP contribution in [0.1, 0.15) is 34.7 Å². The molecule has 4 aromatic rings. The van der Waals surface area contributed by atoms with E-state index in [2.05, 4.69) is 11.1 Å². The summed E-state index contributed by atoms with van der Waals surface area (Å²) in [7, 11) is 0. The maximum atomic E-state index is 13.3. The van der Waals surface area contributed by atoms with Crippen molar-refractivity contribution in [3.8, 4) is 5.75 Å². The van der Waals surface area contributed by atoms with Crippen LogP contribution in [0.2, 0.25) is 5.02 Å². The maximum Gasteiger partial charge on any atom is 0.295 e. The Labute approximate surface area is 231 Å². The molecule has 8 heteroatoms. The SMILES string of the molecule is Cc1cccc(COc2ccc(/C(O)=C3\C(=O)C(=O)N(CCCn4ccnc4)C3c3ccc(Cl)cc3)cc2)c1. The van der Waals surface area contributed by atoms with Gasteiger partial charge in [-0.3, -0.25) is 9.59 Å². The molecule has 1 unspecified atom stereocenters. The summed E-state index contributed by atoms with van der Waals surface area (Å²) in [4.78, 5) is 32.0. The third kappa shape index (κ3) is 5.89. The first kappa shape index (κ1) is 26.3. The van der Waals surface area contributed by atoms with Crippen LogP contribution < -0.4 is 4.74 Å². The molecule has 0 spiro atoms. The molecule has 2 heterocycles. The van der Waals surface area contributed by atoms with E-state index in [9.17, 15) is 14.7 Å². The fraction of sp³-hybridized carbons (Fsp3) is 0.194. The van der Waals surface area contributed by atoms with Crippen molar-refractivity contribution in [1.82, 2.24) is 14.5 Å². The van der Waals surface area contributed by atoms with Gasteiger partial charge in [0.2, 0.25) is 0 Å². The van der Waals surface area contributed by atoms with Crippen LogP contribution in [0.15, 0.2) is 97.1 Å². The van der Waals surface area contributed by atoms with E-state index in [1.165, 1.54) is 4.90 Å². The number of halogens is 1. The number of ether oxygens (including phenoxy) is 1. The standard InChI is InChI=1S/C31H28ClN3O4/c1-21-4-2-5-22(18-21)19-39-26-12-8-24(9-13-26)29(36)27-28(23-6-10-25(32)11-7-23)35(31(38)30(27)37)16-3-15-34-17-14-33-20-34/h2,4-14,17-18,20,28,36H,3,15-16,19H2,1H3/b29-27+. The molecule has 1 aromatic heterocycles. The van der Waals surface area contributed by atoms with Crippen molar-refractivity contribution in [3.05, 3.63) is 124 Å². The summed E-state index contributed by atoms with van der Waals surface area (Å²) in [5.41, 5.74) is 3.38. The van der Waals surface area contributed by atoms with Gasteiger partial charge in [0, 0.05) is 36.1 Å². The average Bonchev–Trinajstić information content (AvgIpc) is 3.55. The number of amides is 1. The molecule has 39 heavy (non-hydrogen) atoms. The molecule has 0 bridgehead atoms. The second-order valence-electron chi connectivity index (χ2n) is 9.50. The Bertz CT molecular complexity index is 1500. The molecule has 1 saturated heterocycles. The number of carbonyl (C=O) groups is 2. The van der Waals surface area contributed by atoms with Crippen LogP contribution in [0, 0.1) is 6.92 Å². The first-order valence-electron chi connectivity index (χ1n) is 12.7. The van der Waals surface area contributed by atoms with Gasteiger partial charge in [0.15, 0.2) is 0 Å². The number of hydrogen-bond acceptors (Lipinski definition) is 5. The van der Waals surface area contributed by atoms with Crippen LogP contribution in [0.25, 0.3) is 5.76 Å². The van der Waals surface area contributed by atoms with Gasteiger partial charge >= 0.3 is 0 Å². The summed E-state index contributed by atoms with van der Waals surface area (Å²) in [6.07, 6.45) is 5.86. The number of aryl methyl sites for hydroxylation is 2. The molecule has 1 atom stereocenters. The van der Waals surface area contributed by atoms with Gasteiger partial charge in [0.25, 0.3) is 11.7 Å². The van der Waals surface area contributed by atoms with Gasteiger partial charge in [-0.15, -0.1) is 0 Å². The second kappa shape index (κ2) is 11.6. The molecule has 1 aliphatic heterocycles. The molecule has 1 N–H and O–H groups in total. The number of aromatic nitrogens is 2. The number of hydrogen-bond donors (Lipinski definition) is 1. The Balaban J connectivity index is 1.41. The second-order valence-corrected chi connectivity index (χ2v) is 9.94. The summed E-state index contributed by atoms with van der Waals surface area (Å²) >= 11 is 6.11. The Morgan fingerprint density at radius 2 is 1.79 bits per heavy atom. The number of carbonyl (C=O) groups excluding carboxylic acids is 2. The third-order valence-corrected chi connectivity index (χ3v) is 6.97. The van der Waals surface area contributed by atoms with Crippen LogP contribution >= 0.6 is 11.6 Å². The van der Waals surface area contributed by atoms with Crippen LogP contribution in [0.3, 0.4) is 0 Å². The number of nitrogens with zero attached hydrogens (tertiary/aromatic N) is 3. The molecule has 0 aliphatic carbocycles. The van der Waals surface area contributed by atoms with Gasteiger partial charge in [0.05, 0.1) is 17.9 Å². The Morgan fingerprint density at radius 1 is 1.03 bits per heavy atom. The predicted molar refractivity (Wildman–Crippen MR) is 149 cm³/mol. The predicted octanol–water partition coefficient (Wildman–Crippen LogP) is 5.94. The molecular weight excluding hydrogens is 514 g/mol. The van der Waals surface area contributed by atoms with Crippen molar-refractivity contribution in [2.45, 2.75) is 32.5 Å². The lowest BCUT2D eigenvalue weighted by Gasteiger charge is -2.25. The first-order valence-corrected chi connectivity index (χ1v) is 13.1. The number of rotatable bonds is 9. The number of Topliss-reactive ketones (excluding diaryl/α,β-unsaturated/α-hetero) is 1. The maximum absolute atomic E-state index is 13.3. The van der Waals surface area contributed by atoms with Crippen molar-refractivity contribution in [1.29, 1.82) is 0 Å². The summed E-state index contributed by atoms with van der Waals surface area (Å²) in [6.45, 7) is 3.41. The first-order chi connectivity index (χ1) is 18.9. The Hall–Kier alpha value is -4.36. The molecule has 1 amide bonds. The number of aliphatic hydroxyl groups is 1. The quantitative estimate of drug-likeness (QED) is 0.161. The molecule has 7 nitrogen and oxygen atoms in total. The van der Waals surface area contributed by atoms with Crippen LogP contribution in [0.4, 0.5) is 0 Å². The van der Waals surface area contributed by atoms with E-state index in [1.807, 2.05) is 35.9 Å². The van der Waals surface area contributed by atoms with E-state index < -0.39 is 17.7 Å². The van der Waals surface area contributed by atoms with Crippen molar-refractivity contribution in [3.63, 3.8) is 0 Å². The molecular formula is C31H28ClN3O4. The van der Waals surface area contributed by atoms with Gasteiger partial charge in [-0.2, -0.15) is 0 Å². The van der Waals surface area contributed by atoms with Gasteiger partial charge in [-0.25, -0.2) is 4.98 Å². The zero-order chi connectivity index (χ0) is 27.4. The normalized spacial score (nSPS) is 16.6. The van der Waals surface area contributed by atoms with E-state index in [0.717, 1.165) is 11.1 Å². The lowest BCUT2D eigenvalue weighted by molar-refractivity contribution is -0.139. The average molecular weight is 542 g/mol. The van der Waals surface area contributed by atoms with Crippen LogP contribution in [-0.4, -0.2) is 37.8 Å². The number of ketones is 1. The monoisotopic (exact) mass is 541 g/mol. The van der Waals surface area contributed by atoms with E-state index in [1.54, 1.807) is 61.1 Å². The highest BCUT2D eigenvalue weighted by Crippen LogP contribution is 2.40. The minimum Gasteiger partial charge on any atom is -0.507 e. The molecule has 1 fully saturated rings. The van der Waals surface area contributed by atoms with E-state index in [-0.39, 0.29) is 11.3 Å². The number of likely N-dealkylation sites (tertiary alicyclic amines) is 1. The molecule has 3 aromatic carbocycles. The van der Waals surface area contributed by atoms with Gasteiger partial charge < -0.3 is 19.3 Å². The van der Waals surface area contributed by atoms with Crippen molar-refractivity contribution in [2.75, 3.05) is 6.54 Å². The highest BCUT2D eigenvalue weighted by molar-refractivity contribution is 6.46. The Kier molecular flexibility index (Phi) is 7.79. The van der Waals surface area contributed by atoms with Crippen molar-refractivity contribution in [2.24, 2.45) is 0 Å². The fourth-order valence-electron chi connectivity index (χ4n) is 4.78. The molecule has 5 rings (SSSR count). The lowest BCUT2D eigenvalue weighted by atomic mass is 9.95. The van der Waals surface area contributed by atoms with Crippen LogP contribution in [0.5, 0.6) is 5.75 Å². The molecule has 0 saturated carbocycles. The van der Waals surface area contributed by atoms with Gasteiger partial charge in [-0.1, -0.05) is 53.6 Å². The molecule has 1 aliphatic rings. The zero-order valence-corrected chi connectivity index (χ0v) is 22.2. The van der Waals surface area contributed by atoms with Gasteiger partial charge in [0.1, 0.15) is 18.1 Å². The summed E-state index contributed by atoms with van der Waals surface area (Å²) in [5, 5.41) is 11.9.